The van der Waals surface area contributed by atoms with Gasteiger partial charge in [0.2, 0.25) is 23.6 Å². The zero-order valence-electron chi connectivity index (χ0n) is 57.1. The number of alkyl carbamates (subject to hydrolysis) is 1. The molecule has 4 bridgehead atoms. The van der Waals surface area contributed by atoms with E-state index in [1.165, 1.54) is 35.1 Å². The van der Waals surface area contributed by atoms with Crippen LogP contribution in [-0.4, -0.2) is 150 Å². The number of carbonyl (C=O) groups is 9. The van der Waals surface area contributed by atoms with Gasteiger partial charge in [-0.2, -0.15) is 5.10 Å². The number of rotatable bonds is 30. The summed E-state index contributed by atoms with van der Waals surface area (Å²) in [5.41, 5.74) is 6.64. The largest absolute Gasteiger partial charge is 0.481 e. The van der Waals surface area contributed by atoms with E-state index in [-0.39, 0.29) is 78.3 Å². The first-order valence-electron chi connectivity index (χ1n) is 34.0. The van der Waals surface area contributed by atoms with Crippen LogP contribution in [0.1, 0.15) is 144 Å². The Balaban J connectivity index is 0.647. The van der Waals surface area contributed by atoms with Gasteiger partial charge in [-0.05, 0) is 152 Å². The van der Waals surface area contributed by atoms with Crippen LogP contribution in [0.3, 0.4) is 0 Å². The van der Waals surface area contributed by atoms with E-state index in [0.717, 1.165) is 76.5 Å². The maximum atomic E-state index is 13.9. The van der Waals surface area contributed by atoms with E-state index in [0.29, 0.717) is 73.6 Å². The number of unbranched alkanes of at least 4 members (excludes halogenated alkanes) is 2. The maximum Gasteiger partial charge on any atom is 0.408 e. The van der Waals surface area contributed by atoms with E-state index >= 15 is 0 Å². The average molecular weight is 1370 g/mol. The van der Waals surface area contributed by atoms with Gasteiger partial charge in [-0.1, -0.05) is 87.9 Å². The zero-order chi connectivity index (χ0) is 70.6. The van der Waals surface area contributed by atoms with Crippen molar-refractivity contribution in [3.63, 3.8) is 0 Å². The van der Waals surface area contributed by atoms with Gasteiger partial charge in [-0.25, -0.2) is 19.6 Å². The lowest BCUT2D eigenvalue weighted by Gasteiger charge is -2.69. The van der Waals surface area contributed by atoms with E-state index in [2.05, 4.69) is 69.6 Å². The van der Waals surface area contributed by atoms with Crippen LogP contribution in [0.15, 0.2) is 97.2 Å². The van der Waals surface area contributed by atoms with Gasteiger partial charge in [0.15, 0.2) is 10.8 Å². The van der Waals surface area contributed by atoms with Crippen molar-refractivity contribution in [2.75, 3.05) is 48.8 Å². The molecule has 3 aromatic carbocycles. The number of carboxylic acid groups (broad SMARTS) is 2. The molecule has 0 spiro atoms. The van der Waals surface area contributed by atoms with Crippen LogP contribution in [0.25, 0.3) is 21.3 Å². The summed E-state index contributed by atoms with van der Waals surface area (Å²) in [7, 11) is 1.54. The second kappa shape index (κ2) is 29.5. The highest BCUT2D eigenvalue weighted by atomic mass is 32.1. The molecule has 99 heavy (non-hydrogen) atoms. The van der Waals surface area contributed by atoms with Gasteiger partial charge in [-0.15, -0.1) is 0 Å². The lowest BCUT2D eigenvalue weighted by atomic mass is 9.39. The lowest BCUT2D eigenvalue weighted by Crippen LogP contribution is -2.64. The van der Waals surface area contributed by atoms with Gasteiger partial charge >= 0.3 is 18.0 Å². The van der Waals surface area contributed by atoms with Crippen molar-refractivity contribution >= 4 is 91.7 Å². The molecule has 25 nitrogen and oxygen atoms in total. The molecule has 2 aliphatic heterocycles. The minimum absolute atomic E-state index is 0.0381. The van der Waals surface area contributed by atoms with E-state index in [1.54, 1.807) is 62.7 Å². The highest BCUT2D eigenvalue weighted by molar-refractivity contribution is 7.22. The number of amides is 7. The first kappa shape index (κ1) is 70.7. The third-order valence-electron chi connectivity index (χ3n) is 20.0. The summed E-state index contributed by atoms with van der Waals surface area (Å²) < 4.78 is 15.5. The van der Waals surface area contributed by atoms with Crippen molar-refractivity contribution in [1.29, 1.82) is 0 Å². The highest BCUT2D eigenvalue weighted by Gasteiger charge is 2.66. The molecule has 4 fully saturated rings. The summed E-state index contributed by atoms with van der Waals surface area (Å²) in [5, 5.41) is 40.5. The summed E-state index contributed by atoms with van der Waals surface area (Å²) in [6.45, 7) is 14.4. The number of hydrogen-bond acceptors (Lipinski definition) is 17. The third-order valence-corrected chi connectivity index (χ3v) is 21.0. The van der Waals surface area contributed by atoms with Crippen LogP contribution >= 0.6 is 11.3 Å². The van der Waals surface area contributed by atoms with E-state index in [9.17, 15) is 53.4 Å². The molecule has 12 rings (SSSR count). The molecule has 7 amide bonds. The Labute approximate surface area is 578 Å². The number of imide groups is 1. The smallest absolute Gasteiger partial charge is 0.408 e. The molecule has 5 heterocycles. The number of pyridine rings is 1. The fourth-order valence-corrected chi connectivity index (χ4v) is 17.3. The van der Waals surface area contributed by atoms with Crippen molar-refractivity contribution in [1.82, 2.24) is 45.5 Å². The molecular formula is C73H88N12O13S. The Hall–Kier alpha value is -9.56. The van der Waals surface area contributed by atoms with Crippen LogP contribution in [0.5, 0.6) is 0 Å². The zero-order valence-corrected chi connectivity index (χ0v) is 57.9. The summed E-state index contributed by atoms with van der Waals surface area (Å²) in [4.78, 5) is 129. The molecule has 2 unspecified atom stereocenters. The van der Waals surface area contributed by atoms with E-state index in [4.69, 9.17) is 24.5 Å². The number of aliphatic carboxylic acids is 1. The number of fused-ring (bicyclic) bond motifs is 2. The minimum atomic E-state index is -1.45. The molecule has 26 heteroatoms. The number of likely N-dealkylation sites (N-methyl/N-ethyl adjacent to an activating group) is 1. The average Bonchev–Trinajstić information content (AvgIpc) is 0.880. The van der Waals surface area contributed by atoms with Gasteiger partial charge in [0, 0.05) is 87.4 Å². The van der Waals surface area contributed by atoms with Crippen LogP contribution in [0.4, 0.5) is 21.4 Å². The third kappa shape index (κ3) is 16.6. The fraction of sp³-hybridized carbons (Fsp3) is 0.479. The SMILES string of the molecule is Cc1c(-c2ccc(N3CCc4cccc(CNc5nc6ccccc6s5)c4C3)nc2C(=O)O)cnn1CC12CC3(C)CC(C)(C1)CC(OCCN(C)C(=O)[C@@H](CC(=O)O)NC(=O)OCc1ccc(NC(=O)[C@H](C)NC(=O)[C@@H](NC(=O)CCCCCN4C(=O)C=CC4=O)C(C)C)cc1)(C3)C2. The summed E-state index contributed by atoms with van der Waals surface area (Å²) >= 11 is 1.62. The highest BCUT2D eigenvalue weighted by Crippen LogP contribution is 2.72. The van der Waals surface area contributed by atoms with Crippen molar-refractivity contribution in [3.05, 3.63) is 131 Å². The summed E-state index contributed by atoms with van der Waals surface area (Å²) in [6.07, 6.45) is 10.4. The van der Waals surface area contributed by atoms with Crippen LogP contribution < -0.4 is 31.5 Å². The number of aromatic nitrogens is 4. The number of carboxylic acids is 2. The second-order valence-corrected chi connectivity index (χ2v) is 29.8. The van der Waals surface area contributed by atoms with E-state index in [1.807, 2.05) is 41.9 Å². The van der Waals surface area contributed by atoms with Crippen molar-refractivity contribution in [3.8, 4) is 11.1 Å². The number of anilines is 3. The van der Waals surface area contributed by atoms with Gasteiger partial charge < -0.3 is 56.1 Å². The molecule has 4 aliphatic carbocycles. The Bertz CT molecular complexity index is 4060. The maximum absolute atomic E-state index is 13.9. The number of ether oxygens (including phenoxy) is 2. The van der Waals surface area contributed by atoms with Gasteiger partial charge in [0.1, 0.15) is 30.6 Å². The normalized spacial score (nSPS) is 21.5. The molecule has 6 aliphatic rings. The lowest BCUT2D eigenvalue weighted by molar-refractivity contribution is -0.248. The number of benzene rings is 3. The summed E-state index contributed by atoms with van der Waals surface area (Å²) in [6, 6.07) is 21.2. The predicted molar refractivity (Wildman–Crippen MR) is 371 cm³/mol. The Morgan fingerprint density at radius 1 is 0.788 bits per heavy atom. The summed E-state index contributed by atoms with van der Waals surface area (Å²) in [5.74, 6) is -4.92. The van der Waals surface area contributed by atoms with Crippen LogP contribution in [-0.2, 0) is 75.7 Å². The molecule has 7 N–H and O–H groups in total. The molecule has 0 radical (unpaired) electrons. The Morgan fingerprint density at radius 2 is 1.53 bits per heavy atom. The Kier molecular flexibility index (Phi) is 21.1. The van der Waals surface area contributed by atoms with E-state index < -0.39 is 65.9 Å². The molecular weight excluding hydrogens is 1280 g/mol. The van der Waals surface area contributed by atoms with Crippen molar-refractivity contribution < 1.29 is 62.8 Å². The fourth-order valence-electron chi connectivity index (χ4n) is 16.4. The molecule has 4 saturated carbocycles. The number of nitrogens with zero attached hydrogens (tertiary/aromatic N) is 7. The van der Waals surface area contributed by atoms with Gasteiger partial charge in [0.25, 0.3) is 11.8 Å². The predicted octanol–water partition coefficient (Wildman–Crippen LogP) is 9.17. The molecule has 6 aromatic rings. The van der Waals surface area contributed by atoms with Crippen molar-refractivity contribution in [2.45, 2.75) is 169 Å². The van der Waals surface area contributed by atoms with Crippen molar-refractivity contribution in [2.24, 2.45) is 22.2 Å². The quantitative estimate of drug-likeness (QED) is 0.0163. The first-order chi connectivity index (χ1) is 47.2. The monoisotopic (exact) mass is 1370 g/mol. The van der Waals surface area contributed by atoms with Crippen LogP contribution in [0, 0.1) is 29.1 Å². The standard InChI is InChI=1S/C73H88N12O13S/c1-44(2)62(81-58(86)18-9-8-12-28-84-59(87)25-26-60(84)88)65(92)76-45(3)64(91)77-50-21-19-47(20-22-50)36-97-69(96)79-55(32-61(89)90)66(93)82(7)30-31-98-73-40-70(5)37-71(6,41-73)39-72(38-70,42-73)43-85-46(4)52(34-75-85)51-23-24-57(80-63(51)67(94)95)83-29-27-48-14-13-15-49(53(48)35-83)33-74-68-78-54-16-10-11-17-56(54)99-68/h10-11,13-17,19-26,34,44-45,55,62H,8-9,12,18,27-33,35-43H2,1-7H3,(H,74,78)(H,76,92)(H,77,91)(H,79,96)(H,81,86)(H,89,90)(H,94,95)/t45-,55+,62-,70?,71?,72?,73?/m0/s1. The molecule has 524 valence electrons. The van der Waals surface area contributed by atoms with Gasteiger partial charge in [-0.3, -0.25) is 43.1 Å². The molecule has 5 atom stereocenters. The topological polar surface area (TPSA) is 326 Å². The number of carbonyl (C=O) groups excluding carboxylic acids is 7. The second-order valence-electron chi connectivity index (χ2n) is 28.8. The number of hydrogen-bond donors (Lipinski definition) is 7. The number of aromatic carboxylic acids is 1. The molecule has 0 saturated heterocycles. The first-order valence-corrected chi connectivity index (χ1v) is 34.8. The van der Waals surface area contributed by atoms with Gasteiger partial charge in [0.05, 0.1) is 35.0 Å². The molecule has 3 aromatic heterocycles. The Morgan fingerprint density at radius 3 is 2.23 bits per heavy atom. The number of para-hydroxylation sites is 1. The van der Waals surface area contributed by atoms with Crippen LogP contribution in [0.2, 0.25) is 0 Å². The number of nitrogens with one attached hydrogen (secondary N) is 5. The minimum Gasteiger partial charge on any atom is -0.481 e. The number of thiazole rings is 1.